The summed E-state index contributed by atoms with van der Waals surface area (Å²) in [6.07, 6.45) is 0. The van der Waals surface area contributed by atoms with Gasteiger partial charge in [0.2, 0.25) is 0 Å². The highest BCUT2D eigenvalue weighted by molar-refractivity contribution is 8.21. The van der Waals surface area contributed by atoms with Crippen LogP contribution >= 0.6 is 11.8 Å². The van der Waals surface area contributed by atoms with Crippen LogP contribution in [-0.2, 0) is 0 Å². The zero-order valence-electron chi connectivity index (χ0n) is 6.87. The Morgan fingerprint density at radius 3 is 2.92 bits per heavy atom. The van der Waals surface area contributed by atoms with Crippen molar-refractivity contribution in [1.29, 1.82) is 0 Å². The molecule has 1 aliphatic heterocycles. The minimum Gasteiger partial charge on any atom is -0.246 e. The Hall–Kier alpha value is -1.02. The molecule has 0 N–H and O–H groups in total. The molecule has 2 rings (SSSR count). The van der Waals surface area contributed by atoms with Crippen molar-refractivity contribution in [3.8, 4) is 0 Å². The lowest BCUT2D eigenvalue weighted by atomic mass is 10.2. The molecule has 1 aliphatic rings. The molecule has 0 amide bonds. The van der Waals surface area contributed by atoms with Crippen molar-refractivity contribution in [2.24, 2.45) is 4.99 Å². The number of hydrogen-bond donors (Lipinski definition) is 0. The maximum Gasteiger partial charge on any atom is 0.0755 e. The minimum atomic E-state index is 1.04. The number of thioether (sulfide) groups is 1. The summed E-state index contributed by atoms with van der Waals surface area (Å²) in [5, 5.41) is 1.07. The molecule has 0 fully saturated rings. The molecule has 0 saturated carbocycles. The third-order valence-corrected chi connectivity index (χ3v) is 2.61. The molecule has 1 aromatic carbocycles. The summed E-state index contributed by atoms with van der Waals surface area (Å²) in [7, 11) is 0. The van der Waals surface area contributed by atoms with Crippen LogP contribution in [0.1, 0.15) is 12.5 Å². The smallest absolute Gasteiger partial charge is 0.0755 e. The van der Waals surface area contributed by atoms with E-state index < -0.39 is 0 Å². The van der Waals surface area contributed by atoms with Crippen molar-refractivity contribution < 1.29 is 0 Å². The third kappa shape index (κ3) is 1.18. The molecule has 1 heterocycles. The zero-order chi connectivity index (χ0) is 8.55. The molecule has 0 bridgehead atoms. The summed E-state index contributed by atoms with van der Waals surface area (Å²) in [6.45, 7) is 5.99. The van der Waals surface area contributed by atoms with Crippen LogP contribution in [-0.4, -0.2) is 5.04 Å². The van der Waals surface area contributed by atoms with Crippen LogP contribution in [0.2, 0.25) is 0 Å². The fourth-order valence-electron chi connectivity index (χ4n) is 1.23. The van der Waals surface area contributed by atoms with Gasteiger partial charge in [-0.25, -0.2) is 4.99 Å². The first-order valence-corrected chi connectivity index (χ1v) is 4.60. The highest BCUT2D eigenvalue weighted by Crippen LogP contribution is 2.38. The van der Waals surface area contributed by atoms with Gasteiger partial charge in [0, 0.05) is 10.5 Å². The Morgan fingerprint density at radius 1 is 1.33 bits per heavy atom. The van der Waals surface area contributed by atoms with Gasteiger partial charge in [0.05, 0.1) is 10.7 Å². The van der Waals surface area contributed by atoms with Gasteiger partial charge in [0.25, 0.3) is 0 Å². The van der Waals surface area contributed by atoms with Crippen molar-refractivity contribution in [1.82, 2.24) is 0 Å². The van der Waals surface area contributed by atoms with Gasteiger partial charge < -0.3 is 0 Å². The molecule has 0 radical (unpaired) electrons. The van der Waals surface area contributed by atoms with Gasteiger partial charge in [0.1, 0.15) is 0 Å². The molecule has 0 aliphatic carbocycles. The largest absolute Gasteiger partial charge is 0.246 e. The van der Waals surface area contributed by atoms with Crippen LogP contribution < -0.4 is 0 Å². The van der Waals surface area contributed by atoms with E-state index in [1.807, 2.05) is 25.1 Å². The molecule has 0 spiro atoms. The topological polar surface area (TPSA) is 12.4 Å². The fraction of sp³-hybridized carbons (Fsp3) is 0.100. The van der Waals surface area contributed by atoms with E-state index in [0.717, 1.165) is 21.2 Å². The van der Waals surface area contributed by atoms with Crippen LogP contribution in [0.15, 0.2) is 35.8 Å². The van der Waals surface area contributed by atoms with Gasteiger partial charge in [-0.05, 0) is 13.0 Å². The molecule has 12 heavy (non-hydrogen) atoms. The first kappa shape index (κ1) is 7.62. The van der Waals surface area contributed by atoms with E-state index in [9.17, 15) is 0 Å². The second-order valence-corrected chi connectivity index (χ2v) is 3.96. The number of para-hydroxylation sites is 1. The minimum absolute atomic E-state index is 1.04. The summed E-state index contributed by atoms with van der Waals surface area (Å²) in [5.74, 6) is 0. The Kier molecular flexibility index (Phi) is 1.77. The lowest BCUT2D eigenvalue weighted by Crippen LogP contribution is -1.92. The van der Waals surface area contributed by atoms with E-state index >= 15 is 0 Å². The zero-order valence-corrected chi connectivity index (χ0v) is 7.69. The summed E-state index contributed by atoms with van der Waals surface area (Å²) >= 11 is 1.64. The fourth-order valence-corrected chi connectivity index (χ4v) is 2.02. The van der Waals surface area contributed by atoms with Gasteiger partial charge in [0.15, 0.2) is 0 Å². The number of aliphatic imine (C=N–C) groups is 1. The van der Waals surface area contributed by atoms with Crippen LogP contribution in [0.25, 0.3) is 4.91 Å². The monoisotopic (exact) mass is 175 g/mol. The van der Waals surface area contributed by atoms with Gasteiger partial charge in [-0.3, -0.25) is 0 Å². The molecule has 0 atom stereocenters. The number of rotatable bonds is 0. The maximum absolute atomic E-state index is 4.42. The van der Waals surface area contributed by atoms with Crippen molar-refractivity contribution in [2.75, 3.05) is 0 Å². The van der Waals surface area contributed by atoms with Gasteiger partial charge in [-0.1, -0.05) is 36.5 Å². The quantitative estimate of drug-likeness (QED) is 0.588. The molecule has 0 unspecified atom stereocenters. The lowest BCUT2D eigenvalue weighted by Gasteiger charge is -2.13. The number of fused-ring (bicyclic) bond motifs is 1. The van der Waals surface area contributed by atoms with Gasteiger partial charge in [-0.2, -0.15) is 0 Å². The van der Waals surface area contributed by atoms with Crippen LogP contribution in [0.4, 0.5) is 5.69 Å². The average Bonchev–Trinajstić information content (AvgIpc) is 2.04. The first-order valence-electron chi connectivity index (χ1n) is 3.79. The van der Waals surface area contributed by atoms with E-state index in [-0.39, 0.29) is 0 Å². The summed E-state index contributed by atoms with van der Waals surface area (Å²) < 4.78 is 0. The highest BCUT2D eigenvalue weighted by Gasteiger charge is 2.11. The van der Waals surface area contributed by atoms with Crippen LogP contribution in [0, 0.1) is 0 Å². The Labute approximate surface area is 76.2 Å². The average molecular weight is 175 g/mol. The molecule has 0 aromatic heterocycles. The van der Waals surface area contributed by atoms with E-state index in [0.29, 0.717) is 0 Å². The normalized spacial score (nSPS) is 15.4. The van der Waals surface area contributed by atoms with Crippen molar-refractivity contribution >= 4 is 27.4 Å². The maximum atomic E-state index is 4.42. The van der Waals surface area contributed by atoms with E-state index in [4.69, 9.17) is 0 Å². The second-order valence-electron chi connectivity index (χ2n) is 2.67. The number of hydrogen-bond acceptors (Lipinski definition) is 2. The molecule has 1 nitrogen and oxygen atoms in total. The number of benzene rings is 1. The summed E-state index contributed by atoms with van der Waals surface area (Å²) in [5.41, 5.74) is 2.20. The predicted octanol–water partition coefficient (Wildman–Crippen LogP) is 3.45. The van der Waals surface area contributed by atoms with Crippen molar-refractivity contribution in [3.63, 3.8) is 0 Å². The van der Waals surface area contributed by atoms with Gasteiger partial charge >= 0.3 is 0 Å². The third-order valence-electron chi connectivity index (χ3n) is 1.75. The molecular weight excluding hydrogens is 166 g/mol. The van der Waals surface area contributed by atoms with E-state index in [1.165, 1.54) is 0 Å². The molecule has 1 aromatic rings. The summed E-state index contributed by atoms with van der Waals surface area (Å²) in [6, 6.07) is 8.09. The highest BCUT2D eigenvalue weighted by atomic mass is 32.2. The van der Waals surface area contributed by atoms with E-state index in [1.54, 1.807) is 11.8 Å². The molecular formula is C10H9NS. The Morgan fingerprint density at radius 2 is 2.08 bits per heavy atom. The Bertz CT molecular complexity index is 366. The first-order chi connectivity index (χ1) is 5.77. The standard InChI is InChI=1S/C10H9NS/c1-7-9-5-3-4-6-10(9)11-8(2)12-7/h3-6H,1H2,2H3. The SMILES string of the molecule is C=C1SC(C)=Nc2ccccc21. The molecule has 0 saturated heterocycles. The van der Waals surface area contributed by atoms with Gasteiger partial charge in [-0.15, -0.1) is 0 Å². The van der Waals surface area contributed by atoms with Crippen molar-refractivity contribution in [2.45, 2.75) is 6.92 Å². The second kappa shape index (κ2) is 2.79. The van der Waals surface area contributed by atoms with Crippen LogP contribution in [0.3, 0.4) is 0 Å². The van der Waals surface area contributed by atoms with Crippen molar-refractivity contribution in [3.05, 3.63) is 36.4 Å². The number of nitrogens with zero attached hydrogens (tertiary/aromatic N) is 1. The van der Waals surface area contributed by atoms with E-state index in [2.05, 4.69) is 17.6 Å². The predicted molar refractivity (Wildman–Crippen MR) is 55.8 cm³/mol. The summed E-state index contributed by atoms with van der Waals surface area (Å²) in [4.78, 5) is 5.51. The molecule has 60 valence electrons. The molecule has 2 heteroatoms. The Balaban J connectivity index is 2.62. The van der Waals surface area contributed by atoms with Crippen LogP contribution in [0.5, 0.6) is 0 Å². The lowest BCUT2D eigenvalue weighted by molar-refractivity contribution is 1.49.